The van der Waals surface area contributed by atoms with Crippen molar-refractivity contribution in [1.29, 1.82) is 0 Å². The smallest absolute Gasteiger partial charge is 0.272 e. The number of carbonyl (C=O) groups is 1. The zero-order valence-electron chi connectivity index (χ0n) is 16.8. The van der Waals surface area contributed by atoms with Crippen molar-refractivity contribution >= 4 is 40.3 Å². The van der Waals surface area contributed by atoms with E-state index < -0.39 is 4.92 Å². The summed E-state index contributed by atoms with van der Waals surface area (Å²) in [6.45, 7) is 2.08. The van der Waals surface area contributed by atoms with Gasteiger partial charge in [-0.15, -0.1) is 0 Å². The fourth-order valence-electron chi connectivity index (χ4n) is 3.17. The molecule has 0 spiro atoms. The van der Waals surface area contributed by atoms with E-state index in [-0.39, 0.29) is 11.6 Å². The fourth-order valence-corrected chi connectivity index (χ4v) is 4.17. The van der Waals surface area contributed by atoms with Crippen molar-refractivity contribution in [2.75, 3.05) is 0 Å². The van der Waals surface area contributed by atoms with Crippen LogP contribution in [0.3, 0.4) is 0 Å². The highest BCUT2D eigenvalue weighted by atomic mass is 32.2. The van der Waals surface area contributed by atoms with Gasteiger partial charge in [-0.25, -0.2) is 4.99 Å². The molecule has 3 aromatic rings. The van der Waals surface area contributed by atoms with E-state index in [9.17, 15) is 14.9 Å². The van der Waals surface area contributed by atoms with Crippen molar-refractivity contribution in [3.8, 4) is 0 Å². The lowest BCUT2D eigenvalue weighted by atomic mass is 10.1. The number of carbonyl (C=O) groups excluding carboxylic acids is 1. The standard InChI is InChI=1S/C24H19N3O3S/c1-17-12-13-19(14-21(17)27(29)30)15-22-23(28)26(16-18-8-4-2-5-9-18)24(31-22)25-20-10-6-3-7-11-20/h2-15H,16H2,1H3/b22-15+,25-24?. The maximum Gasteiger partial charge on any atom is 0.272 e. The zero-order chi connectivity index (χ0) is 21.8. The Morgan fingerprint density at radius 1 is 1.03 bits per heavy atom. The molecule has 6 nitrogen and oxygen atoms in total. The van der Waals surface area contributed by atoms with Crippen molar-refractivity contribution in [3.05, 3.63) is 111 Å². The topological polar surface area (TPSA) is 75.8 Å². The Labute approximate surface area is 184 Å². The van der Waals surface area contributed by atoms with E-state index in [0.717, 1.165) is 11.3 Å². The number of thioether (sulfide) groups is 1. The maximum absolute atomic E-state index is 13.2. The zero-order valence-corrected chi connectivity index (χ0v) is 17.6. The van der Waals surface area contributed by atoms with E-state index in [2.05, 4.69) is 4.99 Å². The Bertz CT molecular complexity index is 1190. The van der Waals surface area contributed by atoms with Crippen LogP contribution in [0.1, 0.15) is 16.7 Å². The summed E-state index contributed by atoms with van der Waals surface area (Å²) in [7, 11) is 0. The van der Waals surface area contributed by atoms with Crippen LogP contribution >= 0.6 is 11.8 Å². The minimum absolute atomic E-state index is 0.0316. The normalized spacial score (nSPS) is 16.3. The van der Waals surface area contributed by atoms with Crippen LogP contribution in [0.15, 0.2) is 88.8 Å². The molecule has 1 aliphatic heterocycles. The van der Waals surface area contributed by atoms with E-state index in [1.54, 1.807) is 30.0 Å². The third-order valence-electron chi connectivity index (χ3n) is 4.78. The summed E-state index contributed by atoms with van der Waals surface area (Å²) in [5, 5.41) is 11.8. The summed E-state index contributed by atoms with van der Waals surface area (Å²) >= 11 is 1.27. The molecule has 3 aromatic carbocycles. The van der Waals surface area contributed by atoms with Gasteiger partial charge in [0.25, 0.3) is 11.6 Å². The summed E-state index contributed by atoms with van der Waals surface area (Å²) in [5.41, 5.74) is 2.96. The number of para-hydroxylation sites is 1. The molecule has 0 N–H and O–H groups in total. The summed E-state index contributed by atoms with van der Waals surface area (Å²) in [4.78, 5) is 30.9. The first-order valence-electron chi connectivity index (χ1n) is 9.65. The van der Waals surface area contributed by atoms with Crippen LogP contribution in [-0.2, 0) is 11.3 Å². The molecule has 1 aliphatic rings. The largest absolute Gasteiger partial charge is 0.282 e. The second-order valence-electron chi connectivity index (χ2n) is 7.02. The van der Waals surface area contributed by atoms with E-state index in [4.69, 9.17) is 0 Å². The minimum atomic E-state index is -0.412. The molecule has 7 heteroatoms. The highest BCUT2D eigenvalue weighted by molar-refractivity contribution is 8.18. The third kappa shape index (κ3) is 4.73. The van der Waals surface area contributed by atoms with Crippen LogP contribution in [0.5, 0.6) is 0 Å². The summed E-state index contributed by atoms with van der Waals surface area (Å²) < 4.78 is 0. The van der Waals surface area contributed by atoms with Gasteiger partial charge < -0.3 is 0 Å². The van der Waals surface area contributed by atoms with Gasteiger partial charge in [-0.2, -0.15) is 0 Å². The Morgan fingerprint density at radius 2 is 1.71 bits per heavy atom. The van der Waals surface area contributed by atoms with Crippen LogP contribution in [0.2, 0.25) is 0 Å². The Kier molecular flexibility index (Phi) is 5.95. The van der Waals surface area contributed by atoms with Crippen molar-refractivity contribution in [3.63, 3.8) is 0 Å². The minimum Gasteiger partial charge on any atom is -0.282 e. The van der Waals surface area contributed by atoms with Crippen LogP contribution in [-0.4, -0.2) is 20.9 Å². The van der Waals surface area contributed by atoms with Gasteiger partial charge in [0, 0.05) is 11.6 Å². The average molecular weight is 430 g/mol. The number of nitrogens with zero attached hydrogens (tertiary/aromatic N) is 3. The van der Waals surface area contributed by atoms with Gasteiger partial charge in [0.05, 0.1) is 22.1 Å². The van der Waals surface area contributed by atoms with E-state index in [1.165, 1.54) is 17.8 Å². The van der Waals surface area contributed by atoms with Crippen molar-refractivity contribution in [2.45, 2.75) is 13.5 Å². The molecule has 1 saturated heterocycles. The molecule has 0 atom stereocenters. The quantitative estimate of drug-likeness (QED) is 0.296. The van der Waals surface area contributed by atoms with Crippen LogP contribution in [0, 0.1) is 17.0 Å². The lowest BCUT2D eigenvalue weighted by Crippen LogP contribution is -2.28. The van der Waals surface area contributed by atoms with Gasteiger partial charge in [0.1, 0.15) is 0 Å². The molecule has 154 valence electrons. The predicted molar refractivity (Wildman–Crippen MR) is 124 cm³/mol. The number of nitro benzene ring substituents is 1. The van der Waals surface area contributed by atoms with Gasteiger partial charge in [0.15, 0.2) is 5.17 Å². The lowest BCUT2D eigenvalue weighted by molar-refractivity contribution is -0.385. The van der Waals surface area contributed by atoms with Crippen LogP contribution in [0.4, 0.5) is 11.4 Å². The SMILES string of the molecule is Cc1ccc(/C=C2/SC(=Nc3ccccc3)N(Cc3ccccc3)C2=O)cc1[N+](=O)[O-]. The Morgan fingerprint density at radius 3 is 2.39 bits per heavy atom. The number of amidine groups is 1. The van der Waals surface area contributed by atoms with Gasteiger partial charge in [-0.1, -0.05) is 60.7 Å². The molecular formula is C24H19N3O3S. The molecule has 0 aliphatic carbocycles. The van der Waals surface area contributed by atoms with Crippen molar-refractivity contribution < 1.29 is 9.72 Å². The first-order chi connectivity index (χ1) is 15.0. The molecule has 0 saturated carbocycles. The molecule has 1 fully saturated rings. The summed E-state index contributed by atoms with van der Waals surface area (Å²) in [5.74, 6) is -0.174. The summed E-state index contributed by atoms with van der Waals surface area (Å²) in [6.07, 6.45) is 1.69. The molecule has 0 unspecified atom stereocenters. The Hall–Kier alpha value is -3.71. The second kappa shape index (κ2) is 8.97. The first-order valence-corrected chi connectivity index (χ1v) is 10.5. The van der Waals surface area contributed by atoms with E-state index in [0.29, 0.717) is 27.7 Å². The third-order valence-corrected chi connectivity index (χ3v) is 5.79. The highest BCUT2D eigenvalue weighted by Crippen LogP contribution is 2.35. The monoisotopic (exact) mass is 429 g/mol. The van der Waals surface area contributed by atoms with Crippen LogP contribution < -0.4 is 0 Å². The van der Waals surface area contributed by atoms with E-state index >= 15 is 0 Å². The molecule has 1 amide bonds. The summed E-state index contributed by atoms with van der Waals surface area (Å²) in [6, 6.07) is 24.1. The second-order valence-corrected chi connectivity index (χ2v) is 8.03. The van der Waals surface area contributed by atoms with Gasteiger partial charge in [-0.3, -0.25) is 19.8 Å². The number of aryl methyl sites for hydroxylation is 1. The molecule has 0 bridgehead atoms. The molecule has 0 aromatic heterocycles. The highest BCUT2D eigenvalue weighted by Gasteiger charge is 2.33. The molecule has 0 radical (unpaired) electrons. The van der Waals surface area contributed by atoms with Crippen molar-refractivity contribution in [1.82, 2.24) is 4.90 Å². The molecular weight excluding hydrogens is 410 g/mol. The van der Waals surface area contributed by atoms with Gasteiger partial charge in [-0.05, 0) is 48.0 Å². The lowest BCUT2D eigenvalue weighted by Gasteiger charge is -2.15. The maximum atomic E-state index is 13.2. The molecule has 31 heavy (non-hydrogen) atoms. The average Bonchev–Trinajstić information content (AvgIpc) is 3.05. The number of rotatable bonds is 5. The predicted octanol–water partition coefficient (Wildman–Crippen LogP) is 5.71. The molecule has 1 heterocycles. The van der Waals surface area contributed by atoms with Gasteiger partial charge in [0.2, 0.25) is 0 Å². The number of hydrogen-bond acceptors (Lipinski definition) is 5. The molecule has 4 rings (SSSR count). The first kappa shape index (κ1) is 20.6. The number of nitro groups is 1. The Balaban J connectivity index is 1.71. The van der Waals surface area contributed by atoms with E-state index in [1.807, 2.05) is 60.7 Å². The number of benzene rings is 3. The van der Waals surface area contributed by atoms with Crippen LogP contribution in [0.25, 0.3) is 6.08 Å². The fraction of sp³-hybridized carbons (Fsp3) is 0.0833. The number of hydrogen-bond donors (Lipinski definition) is 0. The van der Waals surface area contributed by atoms with Gasteiger partial charge >= 0.3 is 0 Å². The number of aliphatic imine (C=N–C) groups is 1. The number of amides is 1. The van der Waals surface area contributed by atoms with Crippen molar-refractivity contribution in [2.24, 2.45) is 4.99 Å².